The Morgan fingerprint density at radius 1 is 1.24 bits per heavy atom. The van der Waals surface area contributed by atoms with Crippen LogP contribution in [0.15, 0.2) is 48.5 Å². The van der Waals surface area contributed by atoms with Crippen LogP contribution in [0.2, 0.25) is 0 Å². The molecule has 6 heteroatoms. The molecule has 0 bridgehead atoms. The van der Waals surface area contributed by atoms with E-state index in [1.807, 2.05) is 47.4 Å². The first-order valence-electron chi connectivity index (χ1n) is 11.5. The molecule has 2 atom stereocenters. The zero-order valence-electron chi connectivity index (χ0n) is 18.7. The molecule has 2 aromatic rings. The fourth-order valence-corrected chi connectivity index (χ4v) is 5.18. The van der Waals surface area contributed by atoms with Crippen molar-refractivity contribution in [1.82, 2.24) is 15.1 Å². The standard InChI is InChI=1S/C27H27N3O3/c1-3-19-9-12-23-22(15-19)13-14-27(23)25(32)30(26(33)28-27)17-24(31)29(18(2)21-10-11-21)16-20-7-5-4-6-8-20/h1,4-9,12,15,18,21H,10-11,13-14,16-17H2,2H3,(H,28,33)/t18-,27?/m0/s1. The molecule has 0 radical (unpaired) electrons. The van der Waals surface area contributed by atoms with Crippen LogP contribution >= 0.6 is 0 Å². The van der Waals surface area contributed by atoms with Gasteiger partial charge in [-0.05, 0) is 67.3 Å². The van der Waals surface area contributed by atoms with Gasteiger partial charge < -0.3 is 10.2 Å². The van der Waals surface area contributed by atoms with Crippen molar-refractivity contribution < 1.29 is 14.4 Å². The number of carbonyl (C=O) groups excluding carboxylic acids is 3. The first kappa shape index (κ1) is 21.3. The average molecular weight is 442 g/mol. The van der Waals surface area contributed by atoms with Gasteiger partial charge in [0, 0.05) is 18.2 Å². The molecule has 2 fully saturated rings. The van der Waals surface area contributed by atoms with Crippen LogP contribution in [0.25, 0.3) is 0 Å². The summed E-state index contributed by atoms with van der Waals surface area (Å²) >= 11 is 0. The van der Waals surface area contributed by atoms with Crippen LogP contribution in [0.1, 0.15) is 48.4 Å². The molecule has 1 saturated heterocycles. The number of amides is 4. The Kier molecular flexibility index (Phi) is 5.20. The van der Waals surface area contributed by atoms with E-state index in [1.165, 1.54) is 0 Å². The van der Waals surface area contributed by atoms with Gasteiger partial charge in [-0.25, -0.2) is 4.79 Å². The number of terminal acetylenes is 1. The molecular formula is C27H27N3O3. The number of hydrogen-bond donors (Lipinski definition) is 1. The van der Waals surface area contributed by atoms with Crippen LogP contribution in [-0.2, 0) is 28.1 Å². The Morgan fingerprint density at radius 2 is 2.00 bits per heavy atom. The van der Waals surface area contributed by atoms with Gasteiger partial charge in [0.1, 0.15) is 12.1 Å². The van der Waals surface area contributed by atoms with Gasteiger partial charge in [0.15, 0.2) is 0 Å². The van der Waals surface area contributed by atoms with E-state index in [0.717, 1.165) is 40.0 Å². The third-order valence-corrected chi connectivity index (χ3v) is 7.28. The predicted molar refractivity (Wildman–Crippen MR) is 124 cm³/mol. The molecule has 168 valence electrons. The lowest BCUT2D eigenvalue weighted by Crippen LogP contribution is -2.47. The summed E-state index contributed by atoms with van der Waals surface area (Å²) in [4.78, 5) is 42.8. The third kappa shape index (κ3) is 3.68. The lowest BCUT2D eigenvalue weighted by molar-refractivity contribution is -0.141. The average Bonchev–Trinajstić information content (AvgIpc) is 3.58. The van der Waals surface area contributed by atoms with Crippen molar-refractivity contribution in [1.29, 1.82) is 0 Å². The number of imide groups is 1. The number of urea groups is 1. The Labute approximate surface area is 193 Å². The van der Waals surface area contributed by atoms with E-state index in [1.54, 1.807) is 6.07 Å². The van der Waals surface area contributed by atoms with Crippen molar-refractivity contribution in [3.8, 4) is 12.3 Å². The molecule has 2 aromatic carbocycles. The van der Waals surface area contributed by atoms with Crippen molar-refractivity contribution in [3.05, 3.63) is 70.8 Å². The number of nitrogens with zero attached hydrogens (tertiary/aromatic N) is 2. The molecule has 1 N–H and O–H groups in total. The smallest absolute Gasteiger partial charge is 0.325 e. The highest BCUT2D eigenvalue weighted by Crippen LogP contribution is 2.42. The summed E-state index contributed by atoms with van der Waals surface area (Å²) in [6, 6.07) is 14.9. The zero-order chi connectivity index (χ0) is 23.2. The van der Waals surface area contributed by atoms with Crippen LogP contribution in [0.5, 0.6) is 0 Å². The second kappa shape index (κ2) is 8.08. The van der Waals surface area contributed by atoms with E-state index in [4.69, 9.17) is 6.42 Å². The number of rotatable bonds is 6. The number of nitrogens with one attached hydrogen (secondary N) is 1. The fourth-order valence-electron chi connectivity index (χ4n) is 5.18. The van der Waals surface area contributed by atoms with Crippen molar-refractivity contribution in [2.24, 2.45) is 5.92 Å². The topological polar surface area (TPSA) is 69.7 Å². The second-order valence-corrected chi connectivity index (χ2v) is 9.33. The molecule has 0 aromatic heterocycles. The number of fused-ring (bicyclic) bond motifs is 2. The normalized spacial score (nSPS) is 22.1. The maximum Gasteiger partial charge on any atom is 0.325 e. The molecular weight excluding hydrogens is 414 g/mol. The van der Waals surface area contributed by atoms with Crippen molar-refractivity contribution >= 4 is 17.8 Å². The molecule has 6 nitrogen and oxygen atoms in total. The van der Waals surface area contributed by atoms with Gasteiger partial charge in [-0.2, -0.15) is 0 Å². The molecule has 2 aliphatic carbocycles. The minimum atomic E-state index is -1.10. The summed E-state index contributed by atoms with van der Waals surface area (Å²) in [5.41, 5.74) is 2.43. The lowest BCUT2D eigenvalue weighted by Gasteiger charge is -2.31. The van der Waals surface area contributed by atoms with Crippen molar-refractivity contribution in [2.45, 2.75) is 50.7 Å². The summed E-state index contributed by atoms with van der Waals surface area (Å²) in [5.74, 6) is 2.52. The summed E-state index contributed by atoms with van der Waals surface area (Å²) < 4.78 is 0. The highest BCUT2D eigenvalue weighted by molar-refractivity contribution is 6.10. The number of benzene rings is 2. The lowest BCUT2D eigenvalue weighted by atomic mass is 9.91. The first-order valence-corrected chi connectivity index (χ1v) is 11.5. The Bertz CT molecular complexity index is 1160. The molecule has 1 heterocycles. The molecule has 1 spiro atoms. The van der Waals surface area contributed by atoms with Gasteiger partial charge in [0.2, 0.25) is 5.91 Å². The van der Waals surface area contributed by atoms with E-state index in [9.17, 15) is 14.4 Å². The highest BCUT2D eigenvalue weighted by Gasteiger charge is 2.55. The SMILES string of the molecule is C#Cc1ccc2c(c1)CCC21NC(=O)N(CC(=O)N(Cc2ccccc2)[C@@H](C)C2CC2)C1=O. The summed E-state index contributed by atoms with van der Waals surface area (Å²) in [7, 11) is 0. The molecule has 33 heavy (non-hydrogen) atoms. The quantitative estimate of drug-likeness (QED) is 0.553. The molecule has 3 aliphatic rings. The Hall–Kier alpha value is -3.59. The third-order valence-electron chi connectivity index (χ3n) is 7.28. The van der Waals surface area contributed by atoms with E-state index >= 15 is 0 Å². The summed E-state index contributed by atoms with van der Waals surface area (Å²) in [6.45, 7) is 2.26. The maximum absolute atomic E-state index is 13.5. The van der Waals surface area contributed by atoms with Gasteiger partial charge in [-0.15, -0.1) is 6.42 Å². The number of aryl methyl sites for hydroxylation is 1. The predicted octanol–water partition coefficient (Wildman–Crippen LogP) is 3.19. The van der Waals surface area contributed by atoms with Gasteiger partial charge in [0.25, 0.3) is 5.91 Å². The van der Waals surface area contributed by atoms with Crippen molar-refractivity contribution in [3.63, 3.8) is 0 Å². The summed E-state index contributed by atoms with van der Waals surface area (Å²) in [5, 5.41) is 2.90. The minimum absolute atomic E-state index is 0.0572. The van der Waals surface area contributed by atoms with Crippen LogP contribution in [-0.4, -0.2) is 40.2 Å². The van der Waals surface area contributed by atoms with Gasteiger partial charge in [-0.1, -0.05) is 42.3 Å². The monoisotopic (exact) mass is 441 g/mol. The molecule has 1 aliphatic heterocycles. The van der Waals surface area contributed by atoms with Crippen LogP contribution in [0.3, 0.4) is 0 Å². The largest absolute Gasteiger partial charge is 0.334 e. The molecule has 5 rings (SSSR count). The van der Waals surface area contributed by atoms with E-state index in [0.29, 0.717) is 25.3 Å². The highest BCUT2D eigenvalue weighted by atomic mass is 16.2. The zero-order valence-corrected chi connectivity index (χ0v) is 18.7. The van der Waals surface area contributed by atoms with Crippen LogP contribution < -0.4 is 5.32 Å². The van der Waals surface area contributed by atoms with E-state index in [2.05, 4.69) is 18.2 Å². The van der Waals surface area contributed by atoms with Gasteiger partial charge in [-0.3, -0.25) is 14.5 Å². The Balaban J connectivity index is 1.37. The minimum Gasteiger partial charge on any atom is -0.334 e. The maximum atomic E-state index is 13.5. The van der Waals surface area contributed by atoms with E-state index in [-0.39, 0.29) is 24.4 Å². The van der Waals surface area contributed by atoms with Crippen molar-refractivity contribution in [2.75, 3.05) is 6.54 Å². The second-order valence-electron chi connectivity index (χ2n) is 9.33. The molecule has 4 amide bonds. The summed E-state index contributed by atoms with van der Waals surface area (Å²) in [6.07, 6.45) is 8.83. The first-order chi connectivity index (χ1) is 15.9. The number of hydrogen-bond acceptors (Lipinski definition) is 3. The fraction of sp³-hybridized carbons (Fsp3) is 0.370. The van der Waals surface area contributed by atoms with Crippen LogP contribution in [0.4, 0.5) is 4.79 Å². The molecule has 1 saturated carbocycles. The van der Waals surface area contributed by atoms with Gasteiger partial charge >= 0.3 is 6.03 Å². The van der Waals surface area contributed by atoms with Crippen LogP contribution in [0, 0.1) is 18.3 Å². The van der Waals surface area contributed by atoms with E-state index < -0.39 is 11.6 Å². The van der Waals surface area contributed by atoms with Gasteiger partial charge in [0.05, 0.1) is 0 Å². The number of carbonyl (C=O) groups is 3. The molecule has 1 unspecified atom stereocenters. The Morgan fingerprint density at radius 3 is 2.70 bits per heavy atom.